The van der Waals surface area contributed by atoms with Gasteiger partial charge in [0.25, 0.3) is 0 Å². The molecular weight excluding hydrogens is 296 g/mol. The normalized spacial score (nSPS) is 15.8. The fourth-order valence-corrected chi connectivity index (χ4v) is 3.91. The molecule has 1 saturated carbocycles. The summed E-state index contributed by atoms with van der Waals surface area (Å²) in [5.41, 5.74) is 0. The molecule has 1 heterocycles. The highest BCUT2D eigenvalue weighted by molar-refractivity contribution is 7.18. The number of thiazole rings is 1. The maximum atomic E-state index is 11.7. The second kappa shape index (κ2) is 6.76. The van der Waals surface area contributed by atoms with Crippen LogP contribution >= 0.6 is 22.9 Å². The van der Waals surface area contributed by atoms with Gasteiger partial charge in [-0.3, -0.25) is 0 Å². The Labute approximate surface area is 129 Å². The fourth-order valence-electron chi connectivity index (χ4n) is 2.63. The van der Waals surface area contributed by atoms with Crippen LogP contribution in [0.25, 0.3) is 0 Å². The van der Waals surface area contributed by atoms with Gasteiger partial charge in [-0.2, -0.15) is 0 Å². The van der Waals surface area contributed by atoms with Gasteiger partial charge in [-0.05, 0) is 18.8 Å². The van der Waals surface area contributed by atoms with Crippen molar-refractivity contribution < 1.29 is 9.53 Å². The van der Waals surface area contributed by atoms with Gasteiger partial charge in [0, 0.05) is 12.6 Å². The zero-order valence-electron chi connectivity index (χ0n) is 12.2. The molecule has 0 aromatic carbocycles. The van der Waals surface area contributed by atoms with Gasteiger partial charge in [0.05, 0.1) is 7.11 Å². The van der Waals surface area contributed by atoms with E-state index in [1.807, 2.05) is 0 Å². The third kappa shape index (κ3) is 3.44. The molecule has 20 heavy (non-hydrogen) atoms. The molecule has 112 valence electrons. The monoisotopic (exact) mass is 316 g/mol. The molecule has 0 saturated heterocycles. The predicted molar refractivity (Wildman–Crippen MR) is 82.9 cm³/mol. The standard InChI is InChI=1S/C14H21ClN2O2S/c1-9(2)8-17(10-6-4-5-7-10)14-16-12(15)11(20-14)13(18)19-3/h9-10H,4-8H2,1-3H3. The first kappa shape index (κ1) is 15.6. The van der Waals surface area contributed by atoms with Crippen LogP contribution in [0, 0.1) is 5.92 Å². The van der Waals surface area contributed by atoms with Crippen LogP contribution in [0.1, 0.15) is 49.2 Å². The molecule has 0 N–H and O–H groups in total. The zero-order chi connectivity index (χ0) is 14.7. The lowest BCUT2D eigenvalue weighted by Gasteiger charge is -2.30. The minimum atomic E-state index is -0.408. The van der Waals surface area contributed by atoms with Crippen molar-refractivity contribution in [1.29, 1.82) is 0 Å². The maximum Gasteiger partial charge on any atom is 0.351 e. The van der Waals surface area contributed by atoms with E-state index in [1.54, 1.807) is 0 Å². The molecule has 1 fully saturated rings. The lowest BCUT2D eigenvalue weighted by Crippen LogP contribution is -2.36. The minimum Gasteiger partial charge on any atom is -0.465 e. The van der Waals surface area contributed by atoms with E-state index in [1.165, 1.54) is 44.1 Å². The van der Waals surface area contributed by atoms with Gasteiger partial charge < -0.3 is 9.64 Å². The molecule has 0 unspecified atom stereocenters. The average Bonchev–Trinajstić information content (AvgIpc) is 3.04. The summed E-state index contributed by atoms with van der Waals surface area (Å²) in [4.78, 5) is 18.8. The zero-order valence-corrected chi connectivity index (χ0v) is 13.8. The Morgan fingerprint density at radius 1 is 1.50 bits per heavy atom. The number of esters is 1. The fraction of sp³-hybridized carbons (Fsp3) is 0.714. The van der Waals surface area contributed by atoms with Gasteiger partial charge in [0.1, 0.15) is 0 Å². The summed E-state index contributed by atoms with van der Waals surface area (Å²) in [6, 6.07) is 0.519. The first-order valence-electron chi connectivity index (χ1n) is 7.04. The number of methoxy groups -OCH3 is 1. The van der Waals surface area contributed by atoms with E-state index in [-0.39, 0.29) is 5.15 Å². The van der Waals surface area contributed by atoms with Crippen molar-refractivity contribution in [1.82, 2.24) is 4.98 Å². The first-order chi connectivity index (χ1) is 9.52. The van der Waals surface area contributed by atoms with E-state index in [9.17, 15) is 4.79 Å². The van der Waals surface area contributed by atoms with E-state index in [0.29, 0.717) is 16.8 Å². The molecule has 1 aliphatic carbocycles. The third-order valence-electron chi connectivity index (χ3n) is 3.52. The molecule has 0 atom stereocenters. The van der Waals surface area contributed by atoms with Gasteiger partial charge in [-0.25, -0.2) is 9.78 Å². The second-order valence-corrected chi connectivity index (χ2v) is 6.93. The highest BCUT2D eigenvalue weighted by Gasteiger charge is 2.28. The lowest BCUT2D eigenvalue weighted by atomic mass is 10.1. The number of carbonyl (C=O) groups excluding carboxylic acids is 1. The summed E-state index contributed by atoms with van der Waals surface area (Å²) < 4.78 is 4.75. The molecule has 0 spiro atoms. The Morgan fingerprint density at radius 3 is 2.70 bits per heavy atom. The van der Waals surface area contributed by atoms with Crippen molar-refractivity contribution in [3.63, 3.8) is 0 Å². The van der Waals surface area contributed by atoms with Crippen molar-refractivity contribution in [2.45, 2.75) is 45.6 Å². The quantitative estimate of drug-likeness (QED) is 0.770. The Kier molecular flexibility index (Phi) is 5.27. The highest BCUT2D eigenvalue weighted by Crippen LogP contribution is 2.35. The summed E-state index contributed by atoms with van der Waals surface area (Å²) in [6.45, 7) is 5.33. The minimum absolute atomic E-state index is 0.253. The molecule has 0 radical (unpaired) electrons. The van der Waals surface area contributed by atoms with Gasteiger partial charge in [-0.1, -0.05) is 49.6 Å². The van der Waals surface area contributed by atoms with Crippen LogP contribution in [-0.4, -0.2) is 30.6 Å². The number of rotatable bonds is 5. The SMILES string of the molecule is COC(=O)c1sc(N(CC(C)C)C2CCCC2)nc1Cl. The predicted octanol–water partition coefficient (Wildman–Crippen LogP) is 3.99. The molecular formula is C14H21ClN2O2S. The topological polar surface area (TPSA) is 42.4 Å². The molecule has 2 rings (SSSR count). The highest BCUT2D eigenvalue weighted by atomic mass is 35.5. The van der Waals surface area contributed by atoms with Crippen molar-refractivity contribution in [3.8, 4) is 0 Å². The third-order valence-corrected chi connectivity index (χ3v) is 4.98. The molecule has 0 amide bonds. The molecule has 6 heteroatoms. The smallest absolute Gasteiger partial charge is 0.351 e. The number of carbonyl (C=O) groups is 1. The van der Waals surface area contributed by atoms with Crippen molar-refractivity contribution >= 4 is 34.0 Å². The van der Waals surface area contributed by atoms with E-state index < -0.39 is 5.97 Å². The van der Waals surface area contributed by atoms with Crippen LogP contribution in [0.3, 0.4) is 0 Å². The van der Waals surface area contributed by atoms with E-state index in [2.05, 4.69) is 23.7 Å². The number of halogens is 1. The van der Waals surface area contributed by atoms with E-state index >= 15 is 0 Å². The molecule has 4 nitrogen and oxygen atoms in total. The number of hydrogen-bond donors (Lipinski definition) is 0. The molecule has 1 aromatic rings. The molecule has 1 aromatic heterocycles. The van der Waals surface area contributed by atoms with Crippen molar-refractivity contribution in [3.05, 3.63) is 10.0 Å². The van der Waals surface area contributed by atoms with Crippen LogP contribution in [0.4, 0.5) is 5.13 Å². The van der Waals surface area contributed by atoms with Crippen LogP contribution in [-0.2, 0) is 4.74 Å². The largest absolute Gasteiger partial charge is 0.465 e. The van der Waals surface area contributed by atoms with Gasteiger partial charge in [0.2, 0.25) is 0 Å². The molecule has 0 bridgehead atoms. The Balaban J connectivity index is 2.26. The van der Waals surface area contributed by atoms with Crippen molar-refractivity contribution in [2.75, 3.05) is 18.6 Å². The van der Waals surface area contributed by atoms with E-state index in [0.717, 1.165) is 11.7 Å². The summed E-state index contributed by atoms with van der Waals surface area (Å²) in [5.74, 6) is 0.134. The Morgan fingerprint density at radius 2 is 2.15 bits per heavy atom. The van der Waals surface area contributed by atoms with Crippen molar-refractivity contribution in [2.24, 2.45) is 5.92 Å². The first-order valence-corrected chi connectivity index (χ1v) is 8.23. The van der Waals surface area contributed by atoms with Gasteiger partial charge >= 0.3 is 5.97 Å². The van der Waals surface area contributed by atoms with Crippen LogP contribution in [0.2, 0.25) is 5.15 Å². The summed E-state index contributed by atoms with van der Waals surface area (Å²) in [7, 11) is 1.36. The summed E-state index contributed by atoms with van der Waals surface area (Å²) in [5, 5.41) is 1.10. The Bertz CT molecular complexity index is 470. The van der Waals surface area contributed by atoms with Gasteiger partial charge in [-0.15, -0.1) is 0 Å². The lowest BCUT2D eigenvalue weighted by molar-refractivity contribution is 0.0606. The van der Waals surface area contributed by atoms with E-state index in [4.69, 9.17) is 16.3 Å². The molecule has 0 aliphatic heterocycles. The van der Waals surface area contributed by atoms with Gasteiger partial charge in [0.15, 0.2) is 15.2 Å². The summed E-state index contributed by atoms with van der Waals surface area (Å²) in [6.07, 6.45) is 4.92. The Hall–Kier alpha value is -0.810. The van der Waals surface area contributed by atoms with Crippen LogP contribution in [0.15, 0.2) is 0 Å². The number of hydrogen-bond acceptors (Lipinski definition) is 5. The molecule has 1 aliphatic rings. The number of anilines is 1. The number of aromatic nitrogens is 1. The number of nitrogens with zero attached hydrogens (tertiary/aromatic N) is 2. The van der Waals surface area contributed by atoms with Crippen LogP contribution in [0.5, 0.6) is 0 Å². The summed E-state index contributed by atoms with van der Waals surface area (Å²) >= 11 is 7.42. The second-order valence-electron chi connectivity index (χ2n) is 5.59. The van der Waals surface area contributed by atoms with Crippen LogP contribution < -0.4 is 4.90 Å². The average molecular weight is 317 g/mol. The maximum absolute atomic E-state index is 11.7. The number of ether oxygens (including phenoxy) is 1.